The molecule has 0 fully saturated rings. The van der Waals surface area contributed by atoms with Crippen molar-refractivity contribution in [3.8, 4) is 6.07 Å². The number of nitriles is 1. The van der Waals surface area contributed by atoms with Crippen LogP contribution in [0.3, 0.4) is 0 Å². The van der Waals surface area contributed by atoms with E-state index in [0.29, 0.717) is 0 Å². The SMILES string of the molecule is CCCNC(C#N)CCSC(C)C(C)O. The van der Waals surface area contributed by atoms with Crippen LogP contribution in [-0.4, -0.2) is 34.8 Å². The van der Waals surface area contributed by atoms with Gasteiger partial charge in [-0.3, -0.25) is 0 Å². The van der Waals surface area contributed by atoms with E-state index in [1.807, 2.05) is 6.92 Å². The van der Waals surface area contributed by atoms with Crippen LogP contribution in [0.5, 0.6) is 0 Å². The van der Waals surface area contributed by atoms with E-state index in [1.54, 1.807) is 18.7 Å². The van der Waals surface area contributed by atoms with Crippen molar-refractivity contribution in [3.05, 3.63) is 0 Å². The second kappa shape index (κ2) is 9.02. The van der Waals surface area contributed by atoms with Crippen LogP contribution in [0.4, 0.5) is 0 Å². The van der Waals surface area contributed by atoms with Gasteiger partial charge in [0.1, 0.15) is 0 Å². The Balaban J connectivity index is 3.59. The fourth-order valence-corrected chi connectivity index (χ4v) is 2.06. The van der Waals surface area contributed by atoms with Gasteiger partial charge in [0.25, 0.3) is 0 Å². The Hall–Kier alpha value is -0.240. The molecule has 0 radical (unpaired) electrons. The molecule has 2 N–H and O–H groups in total. The molecule has 0 heterocycles. The van der Waals surface area contributed by atoms with E-state index in [0.717, 1.165) is 25.1 Å². The summed E-state index contributed by atoms with van der Waals surface area (Å²) < 4.78 is 0. The fourth-order valence-electron chi connectivity index (χ4n) is 1.04. The number of aliphatic hydroxyl groups is 1. The van der Waals surface area contributed by atoms with Crippen molar-refractivity contribution in [2.75, 3.05) is 12.3 Å². The van der Waals surface area contributed by atoms with Crippen molar-refractivity contribution < 1.29 is 5.11 Å². The molecule has 0 rings (SSSR count). The third-order valence-corrected chi connectivity index (χ3v) is 3.65. The van der Waals surface area contributed by atoms with Gasteiger partial charge in [0, 0.05) is 5.25 Å². The summed E-state index contributed by atoms with van der Waals surface area (Å²) in [5.41, 5.74) is 0. The van der Waals surface area contributed by atoms with Gasteiger partial charge in [-0.1, -0.05) is 13.8 Å². The number of hydrogen-bond acceptors (Lipinski definition) is 4. The molecular weight excluding hydrogens is 208 g/mol. The Morgan fingerprint density at radius 3 is 2.60 bits per heavy atom. The molecule has 0 aromatic rings. The predicted octanol–water partition coefficient (Wildman–Crippen LogP) is 1.77. The molecule has 3 nitrogen and oxygen atoms in total. The predicted molar refractivity (Wildman–Crippen MR) is 65.9 cm³/mol. The molecule has 3 atom stereocenters. The summed E-state index contributed by atoms with van der Waals surface area (Å²) in [4.78, 5) is 0. The Kier molecular flexibility index (Phi) is 8.88. The van der Waals surface area contributed by atoms with Gasteiger partial charge in [0.15, 0.2) is 0 Å². The second-order valence-corrected chi connectivity index (χ2v) is 5.23. The van der Waals surface area contributed by atoms with Crippen LogP contribution >= 0.6 is 11.8 Å². The maximum Gasteiger partial charge on any atom is 0.0960 e. The number of thioether (sulfide) groups is 1. The third-order valence-electron chi connectivity index (χ3n) is 2.26. The summed E-state index contributed by atoms with van der Waals surface area (Å²) in [5, 5.41) is 21.6. The van der Waals surface area contributed by atoms with Gasteiger partial charge in [0.05, 0.1) is 18.2 Å². The Morgan fingerprint density at radius 2 is 2.13 bits per heavy atom. The highest BCUT2D eigenvalue weighted by molar-refractivity contribution is 7.99. The molecular formula is C11H22N2OS. The Morgan fingerprint density at radius 1 is 1.47 bits per heavy atom. The van der Waals surface area contributed by atoms with Gasteiger partial charge in [-0.15, -0.1) is 0 Å². The van der Waals surface area contributed by atoms with Crippen LogP contribution in [0.2, 0.25) is 0 Å². The summed E-state index contributed by atoms with van der Waals surface area (Å²) in [6, 6.07) is 2.21. The van der Waals surface area contributed by atoms with Crippen LogP contribution in [0.15, 0.2) is 0 Å². The van der Waals surface area contributed by atoms with E-state index >= 15 is 0 Å². The average Bonchev–Trinajstić information content (AvgIpc) is 2.22. The van der Waals surface area contributed by atoms with E-state index in [4.69, 9.17) is 5.26 Å². The zero-order valence-electron chi connectivity index (χ0n) is 9.86. The van der Waals surface area contributed by atoms with E-state index in [9.17, 15) is 5.11 Å². The van der Waals surface area contributed by atoms with Crippen molar-refractivity contribution in [1.29, 1.82) is 5.26 Å². The number of nitrogens with zero attached hydrogens (tertiary/aromatic N) is 1. The van der Waals surface area contributed by atoms with E-state index in [2.05, 4.69) is 18.3 Å². The Bertz CT molecular complexity index is 192. The highest BCUT2D eigenvalue weighted by atomic mass is 32.2. The highest BCUT2D eigenvalue weighted by Gasteiger charge is 2.11. The summed E-state index contributed by atoms with van der Waals surface area (Å²) in [6.45, 7) is 6.80. The monoisotopic (exact) mass is 230 g/mol. The van der Waals surface area contributed by atoms with Crippen molar-refractivity contribution in [2.24, 2.45) is 0 Å². The quantitative estimate of drug-likeness (QED) is 0.667. The minimum atomic E-state index is -0.279. The molecule has 0 spiro atoms. The van der Waals surface area contributed by atoms with Gasteiger partial charge < -0.3 is 10.4 Å². The van der Waals surface area contributed by atoms with E-state index in [1.165, 1.54) is 0 Å². The van der Waals surface area contributed by atoms with Gasteiger partial charge in [-0.2, -0.15) is 17.0 Å². The molecule has 15 heavy (non-hydrogen) atoms. The topological polar surface area (TPSA) is 56.0 Å². The number of nitrogens with one attached hydrogen (secondary N) is 1. The number of rotatable bonds is 8. The standard InChI is InChI=1S/C11H22N2OS/c1-4-6-13-11(8-12)5-7-15-10(3)9(2)14/h9-11,13-14H,4-7H2,1-3H3. The van der Waals surface area contributed by atoms with E-state index < -0.39 is 0 Å². The fraction of sp³-hybridized carbons (Fsp3) is 0.909. The molecule has 0 aliphatic heterocycles. The first kappa shape index (κ1) is 14.8. The van der Waals surface area contributed by atoms with Crippen molar-refractivity contribution in [2.45, 2.75) is 51.0 Å². The average molecular weight is 230 g/mol. The van der Waals surface area contributed by atoms with Gasteiger partial charge in [-0.25, -0.2) is 0 Å². The number of aliphatic hydroxyl groups excluding tert-OH is 1. The number of hydrogen-bond donors (Lipinski definition) is 2. The van der Waals surface area contributed by atoms with Crippen molar-refractivity contribution >= 4 is 11.8 Å². The Labute approximate surface area is 97.2 Å². The molecule has 0 aliphatic carbocycles. The molecule has 0 saturated carbocycles. The maximum atomic E-state index is 9.28. The van der Waals surface area contributed by atoms with Gasteiger partial charge in [0.2, 0.25) is 0 Å². The first-order valence-electron chi connectivity index (χ1n) is 5.54. The molecule has 4 heteroatoms. The molecule has 0 aromatic carbocycles. The summed E-state index contributed by atoms with van der Waals surface area (Å²) in [5.74, 6) is 0.918. The molecule has 0 bridgehead atoms. The molecule has 0 saturated heterocycles. The molecule has 0 aromatic heterocycles. The first-order valence-corrected chi connectivity index (χ1v) is 6.59. The normalized spacial score (nSPS) is 16.7. The summed E-state index contributed by atoms with van der Waals surface area (Å²) in [7, 11) is 0. The lowest BCUT2D eigenvalue weighted by atomic mass is 10.2. The van der Waals surface area contributed by atoms with Crippen molar-refractivity contribution in [1.82, 2.24) is 5.32 Å². The van der Waals surface area contributed by atoms with Crippen molar-refractivity contribution in [3.63, 3.8) is 0 Å². The van der Waals surface area contributed by atoms with E-state index in [-0.39, 0.29) is 17.4 Å². The van der Waals surface area contributed by atoms with Gasteiger partial charge >= 0.3 is 0 Å². The minimum absolute atomic E-state index is 0.0429. The summed E-state index contributed by atoms with van der Waals surface area (Å²) >= 11 is 1.72. The third kappa shape index (κ3) is 7.66. The zero-order valence-corrected chi connectivity index (χ0v) is 10.7. The molecule has 3 unspecified atom stereocenters. The van der Waals surface area contributed by atoms with Crippen LogP contribution in [0.1, 0.15) is 33.6 Å². The van der Waals surface area contributed by atoms with Crippen LogP contribution in [0, 0.1) is 11.3 Å². The smallest absolute Gasteiger partial charge is 0.0960 e. The van der Waals surface area contributed by atoms with Crippen LogP contribution in [-0.2, 0) is 0 Å². The van der Waals surface area contributed by atoms with Crippen LogP contribution in [0.25, 0.3) is 0 Å². The lowest BCUT2D eigenvalue weighted by molar-refractivity contribution is 0.196. The minimum Gasteiger partial charge on any atom is -0.392 e. The lowest BCUT2D eigenvalue weighted by Crippen LogP contribution is -2.29. The molecule has 88 valence electrons. The first-order chi connectivity index (χ1) is 7.11. The maximum absolute atomic E-state index is 9.28. The largest absolute Gasteiger partial charge is 0.392 e. The summed E-state index contributed by atoms with van der Waals surface area (Å²) in [6.07, 6.45) is 1.62. The highest BCUT2D eigenvalue weighted by Crippen LogP contribution is 2.15. The molecule has 0 aliphatic rings. The second-order valence-electron chi connectivity index (χ2n) is 3.74. The van der Waals surface area contributed by atoms with Crippen LogP contribution < -0.4 is 5.32 Å². The molecule has 0 amide bonds. The zero-order chi connectivity index (χ0) is 11.7. The van der Waals surface area contributed by atoms with Gasteiger partial charge in [-0.05, 0) is 32.1 Å². The lowest BCUT2D eigenvalue weighted by Gasteiger charge is -2.15.